The molecule has 1 atom stereocenters. The highest BCUT2D eigenvalue weighted by atomic mass is 79.9. The number of rotatable bonds is 5. The summed E-state index contributed by atoms with van der Waals surface area (Å²) in [4.78, 5) is 4.24. The zero-order chi connectivity index (χ0) is 14.5. The minimum Gasteiger partial charge on any atom is -0.383 e. The first-order valence-electron chi connectivity index (χ1n) is 6.83. The van der Waals surface area contributed by atoms with E-state index in [-0.39, 0.29) is 6.04 Å². The second kappa shape index (κ2) is 6.86. The Labute approximate surface area is 128 Å². The number of nitrogen functional groups attached to an aromatic ring is 1. The van der Waals surface area contributed by atoms with Gasteiger partial charge in [0, 0.05) is 16.2 Å². The van der Waals surface area contributed by atoms with Crippen molar-refractivity contribution >= 4 is 21.7 Å². The van der Waals surface area contributed by atoms with Crippen LogP contribution in [0.15, 0.2) is 41.0 Å². The monoisotopic (exact) mass is 333 g/mol. The lowest BCUT2D eigenvalue weighted by atomic mass is 9.95. The fourth-order valence-corrected chi connectivity index (χ4v) is 2.56. The van der Waals surface area contributed by atoms with Crippen LogP contribution in [0.1, 0.15) is 36.1 Å². The van der Waals surface area contributed by atoms with Gasteiger partial charge in [-0.2, -0.15) is 0 Å². The lowest BCUT2D eigenvalue weighted by Gasteiger charge is -2.22. The van der Waals surface area contributed by atoms with E-state index in [2.05, 4.69) is 64.3 Å². The fourth-order valence-electron chi connectivity index (χ4n) is 2.30. The molecule has 0 fully saturated rings. The van der Waals surface area contributed by atoms with Crippen LogP contribution in [0.4, 0.5) is 5.82 Å². The van der Waals surface area contributed by atoms with Crippen molar-refractivity contribution in [2.24, 2.45) is 0 Å². The van der Waals surface area contributed by atoms with Gasteiger partial charge in [0.2, 0.25) is 0 Å². The molecule has 0 bridgehead atoms. The predicted octanol–water partition coefficient (Wildman–Crippen LogP) is 3.82. The smallest absolute Gasteiger partial charge is 0.128 e. The quantitative estimate of drug-likeness (QED) is 0.874. The Hall–Kier alpha value is -1.39. The van der Waals surface area contributed by atoms with Crippen LogP contribution in [0.2, 0.25) is 0 Å². The molecule has 20 heavy (non-hydrogen) atoms. The van der Waals surface area contributed by atoms with Gasteiger partial charge in [-0.05, 0) is 49.2 Å². The van der Waals surface area contributed by atoms with E-state index >= 15 is 0 Å². The largest absolute Gasteiger partial charge is 0.383 e. The van der Waals surface area contributed by atoms with Gasteiger partial charge in [0.15, 0.2) is 0 Å². The first kappa shape index (κ1) is 15.0. The Balaban J connectivity index is 2.44. The van der Waals surface area contributed by atoms with Gasteiger partial charge in [0.25, 0.3) is 0 Å². The van der Waals surface area contributed by atoms with Crippen LogP contribution in [-0.2, 0) is 0 Å². The van der Waals surface area contributed by atoms with Gasteiger partial charge in [0.1, 0.15) is 5.82 Å². The minimum absolute atomic E-state index is 0.0803. The van der Waals surface area contributed by atoms with Gasteiger partial charge in [-0.3, -0.25) is 0 Å². The Kier molecular flexibility index (Phi) is 5.15. The van der Waals surface area contributed by atoms with Crippen molar-refractivity contribution < 1.29 is 0 Å². The zero-order valence-electron chi connectivity index (χ0n) is 11.9. The second-order valence-electron chi connectivity index (χ2n) is 4.87. The number of nitrogens with two attached hydrogens (primary N) is 1. The van der Waals surface area contributed by atoms with Crippen LogP contribution in [0, 0.1) is 6.92 Å². The summed E-state index contributed by atoms with van der Waals surface area (Å²) in [6.45, 7) is 5.17. The number of anilines is 1. The molecule has 0 saturated carbocycles. The van der Waals surface area contributed by atoms with E-state index in [0.717, 1.165) is 28.6 Å². The molecular weight excluding hydrogens is 314 g/mol. The predicted molar refractivity (Wildman–Crippen MR) is 87.7 cm³/mol. The lowest BCUT2D eigenvalue weighted by Crippen LogP contribution is -2.25. The topological polar surface area (TPSA) is 50.9 Å². The molecule has 0 radical (unpaired) electrons. The second-order valence-corrected chi connectivity index (χ2v) is 5.78. The molecule has 3 nitrogen and oxygen atoms in total. The number of halogens is 1. The summed E-state index contributed by atoms with van der Waals surface area (Å²) < 4.78 is 1.08. The highest BCUT2D eigenvalue weighted by Crippen LogP contribution is 2.29. The average molecular weight is 334 g/mol. The van der Waals surface area contributed by atoms with Crippen molar-refractivity contribution in [1.29, 1.82) is 0 Å². The van der Waals surface area contributed by atoms with Gasteiger partial charge in [0.05, 0.1) is 6.04 Å². The summed E-state index contributed by atoms with van der Waals surface area (Å²) in [6.07, 6.45) is 2.83. The van der Waals surface area contributed by atoms with E-state index < -0.39 is 0 Å². The summed E-state index contributed by atoms with van der Waals surface area (Å²) >= 11 is 3.47. The van der Waals surface area contributed by atoms with Crippen LogP contribution < -0.4 is 11.1 Å². The SMILES string of the molecule is CCCNC(c1ccc(Br)cc1)c1c(C)ccnc1N. The standard InChI is InChI=1S/C16H20BrN3/c1-3-9-19-15(12-4-6-13(17)7-5-12)14-11(2)8-10-20-16(14)18/h4-8,10,15,19H,3,9H2,1-2H3,(H2,18,20). The van der Waals surface area contributed by atoms with Crippen LogP contribution in [-0.4, -0.2) is 11.5 Å². The number of aryl methyl sites for hydroxylation is 1. The number of nitrogens with one attached hydrogen (secondary N) is 1. The molecule has 0 spiro atoms. The molecule has 0 aliphatic heterocycles. The molecule has 1 heterocycles. The molecule has 0 saturated heterocycles. The van der Waals surface area contributed by atoms with Crippen molar-refractivity contribution in [3.8, 4) is 0 Å². The Morgan fingerprint density at radius 2 is 1.95 bits per heavy atom. The first-order chi connectivity index (χ1) is 9.63. The van der Waals surface area contributed by atoms with Crippen LogP contribution >= 0.6 is 15.9 Å². The van der Waals surface area contributed by atoms with Crippen LogP contribution in [0.3, 0.4) is 0 Å². The van der Waals surface area contributed by atoms with E-state index in [0.29, 0.717) is 5.82 Å². The van der Waals surface area contributed by atoms with E-state index in [9.17, 15) is 0 Å². The Morgan fingerprint density at radius 3 is 2.55 bits per heavy atom. The molecular formula is C16H20BrN3. The molecule has 0 aliphatic carbocycles. The third-order valence-corrected chi connectivity index (χ3v) is 3.86. The lowest BCUT2D eigenvalue weighted by molar-refractivity contribution is 0.596. The molecule has 2 rings (SSSR count). The Bertz CT molecular complexity index is 546. The van der Waals surface area contributed by atoms with Crippen molar-refractivity contribution in [2.75, 3.05) is 12.3 Å². The highest BCUT2D eigenvalue weighted by molar-refractivity contribution is 9.10. The van der Waals surface area contributed by atoms with E-state index in [1.807, 2.05) is 6.07 Å². The molecule has 3 N–H and O–H groups in total. The van der Waals surface area contributed by atoms with Gasteiger partial charge in [-0.15, -0.1) is 0 Å². The molecule has 0 amide bonds. The summed E-state index contributed by atoms with van der Waals surface area (Å²) in [5.41, 5.74) is 9.53. The van der Waals surface area contributed by atoms with E-state index in [1.165, 1.54) is 5.56 Å². The maximum absolute atomic E-state index is 6.10. The van der Waals surface area contributed by atoms with Crippen LogP contribution in [0.5, 0.6) is 0 Å². The van der Waals surface area contributed by atoms with E-state index in [1.54, 1.807) is 6.20 Å². The van der Waals surface area contributed by atoms with Gasteiger partial charge < -0.3 is 11.1 Å². The number of hydrogen-bond acceptors (Lipinski definition) is 3. The normalized spacial score (nSPS) is 12.3. The third-order valence-electron chi connectivity index (χ3n) is 3.33. The number of pyridine rings is 1. The molecule has 2 aromatic rings. The summed E-state index contributed by atoms with van der Waals surface area (Å²) in [5.74, 6) is 0.599. The zero-order valence-corrected chi connectivity index (χ0v) is 13.4. The molecule has 106 valence electrons. The number of hydrogen-bond donors (Lipinski definition) is 2. The molecule has 0 aliphatic rings. The maximum atomic E-state index is 6.10. The van der Waals surface area contributed by atoms with Crippen molar-refractivity contribution in [3.63, 3.8) is 0 Å². The van der Waals surface area contributed by atoms with E-state index in [4.69, 9.17) is 5.73 Å². The summed E-state index contributed by atoms with van der Waals surface area (Å²) in [6, 6.07) is 10.4. The molecule has 1 aromatic heterocycles. The summed E-state index contributed by atoms with van der Waals surface area (Å²) in [7, 11) is 0. The van der Waals surface area contributed by atoms with Gasteiger partial charge in [-0.25, -0.2) is 4.98 Å². The molecule has 1 unspecified atom stereocenters. The Morgan fingerprint density at radius 1 is 1.25 bits per heavy atom. The van der Waals surface area contributed by atoms with Crippen LogP contribution in [0.25, 0.3) is 0 Å². The fraction of sp³-hybridized carbons (Fsp3) is 0.312. The number of aromatic nitrogens is 1. The van der Waals surface area contributed by atoms with Crippen molar-refractivity contribution in [3.05, 3.63) is 57.7 Å². The summed E-state index contributed by atoms with van der Waals surface area (Å²) in [5, 5.41) is 3.57. The van der Waals surface area contributed by atoms with Crippen molar-refractivity contribution in [1.82, 2.24) is 10.3 Å². The van der Waals surface area contributed by atoms with Gasteiger partial charge >= 0.3 is 0 Å². The first-order valence-corrected chi connectivity index (χ1v) is 7.62. The minimum atomic E-state index is 0.0803. The maximum Gasteiger partial charge on any atom is 0.128 e. The number of benzene rings is 1. The van der Waals surface area contributed by atoms with Gasteiger partial charge in [-0.1, -0.05) is 35.0 Å². The molecule has 1 aromatic carbocycles. The number of nitrogens with zero attached hydrogens (tertiary/aromatic N) is 1. The third kappa shape index (κ3) is 3.38. The molecule has 4 heteroatoms. The highest BCUT2D eigenvalue weighted by Gasteiger charge is 2.18. The average Bonchev–Trinajstić information content (AvgIpc) is 2.43. The van der Waals surface area contributed by atoms with Crippen molar-refractivity contribution in [2.45, 2.75) is 26.3 Å².